The summed E-state index contributed by atoms with van der Waals surface area (Å²) in [5.41, 5.74) is 3.80. The molecule has 4 rings (SSSR count). The van der Waals surface area contributed by atoms with Gasteiger partial charge in [0, 0.05) is 57.2 Å². The minimum absolute atomic E-state index is 0.0287. The van der Waals surface area contributed by atoms with Crippen molar-refractivity contribution in [3.05, 3.63) is 53.2 Å². The number of rotatable bonds is 5. The summed E-state index contributed by atoms with van der Waals surface area (Å²) in [5, 5.41) is 0. The Bertz CT molecular complexity index is 952. The van der Waals surface area contributed by atoms with Crippen LogP contribution in [0.2, 0.25) is 0 Å². The van der Waals surface area contributed by atoms with Crippen LogP contribution in [-0.2, 0) is 9.53 Å². The largest absolute Gasteiger partial charge is 0.383 e. The third-order valence-corrected chi connectivity index (χ3v) is 6.13. The normalized spacial score (nSPS) is 19.3. The van der Waals surface area contributed by atoms with E-state index < -0.39 is 0 Å². The van der Waals surface area contributed by atoms with E-state index in [-0.39, 0.29) is 17.9 Å². The fourth-order valence-electron chi connectivity index (χ4n) is 4.56. The minimum atomic E-state index is 0.0287. The van der Waals surface area contributed by atoms with Gasteiger partial charge in [-0.3, -0.25) is 9.59 Å². The van der Waals surface area contributed by atoms with E-state index in [4.69, 9.17) is 4.74 Å². The van der Waals surface area contributed by atoms with Crippen LogP contribution in [0, 0.1) is 13.8 Å². The third kappa shape index (κ3) is 4.42. The van der Waals surface area contributed by atoms with Gasteiger partial charge in [-0.05, 0) is 55.7 Å². The second-order valence-electron chi connectivity index (χ2n) is 8.39. The molecule has 0 aliphatic carbocycles. The molecule has 2 amide bonds. The highest BCUT2D eigenvalue weighted by molar-refractivity contribution is 5.98. The molecule has 1 atom stereocenters. The molecule has 7 heteroatoms. The first-order valence-electron chi connectivity index (χ1n) is 10.9. The molecule has 7 nitrogen and oxygen atoms in total. The van der Waals surface area contributed by atoms with E-state index in [9.17, 15) is 9.59 Å². The molecule has 0 spiro atoms. The number of methoxy groups -OCH3 is 1. The summed E-state index contributed by atoms with van der Waals surface area (Å²) in [7, 11) is 1.65. The Morgan fingerprint density at radius 3 is 2.48 bits per heavy atom. The summed E-state index contributed by atoms with van der Waals surface area (Å²) < 4.78 is 5.26. The molecule has 0 N–H and O–H groups in total. The zero-order valence-electron chi connectivity index (χ0n) is 18.5. The number of amides is 2. The minimum Gasteiger partial charge on any atom is -0.383 e. The standard InChI is InChI=1S/C24H30N4O3/c1-17-14-18(2)23(25-15-17)26-10-12-27(13-11-26)24(30)19-4-6-20(7-5-19)28-21(16-31-3)8-9-22(28)29/h4-7,14-15,21H,8-13,16H2,1-3H3/t21-/m0/s1. The first-order chi connectivity index (χ1) is 15.0. The topological polar surface area (TPSA) is 66.0 Å². The van der Waals surface area contributed by atoms with E-state index in [0.29, 0.717) is 31.7 Å². The molecule has 1 aromatic heterocycles. The van der Waals surface area contributed by atoms with Gasteiger partial charge in [0.15, 0.2) is 0 Å². The van der Waals surface area contributed by atoms with Gasteiger partial charge in [0.1, 0.15) is 5.82 Å². The number of aryl methyl sites for hydroxylation is 2. The lowest BCUT2D eigenvalue weighted by Gasteiger charge is -2.36. The van der Waals surface area contributed by atoms with Gasteiger partial charge in [-0.2, -0.15) is 0 Å². The molecule has 2 saturated heterocycles. The number of nitrogens with zero attached hydrogens (tertiary/aromatic N) is 4. The highest BCUT2D eigenvalue weighted by atomic mass is 16.5. The predicted octanol–water partition coefficient (Wildman–Crippen LogP) is 2.80. The van der Waals surface area contributed by atoms with Gasteiger partial charge < -0.3 is 19.4 Å². The van der Waals surface area contributed by atoms with Crippen LogP contribution in [0.4, 0.5) is 11.5 Å². The second-order valence-corrected chi connectivity index (χ2v) is 8.39. The Balaban J connectivity index is 1.39. The predicted molar refractivity (Wildman–Crippen MR) is 121 cm³/mol. The molecule has 1 aromatic carbocycles. The quantitative estimate of drug-likeness (QED) is 0.741. The van der Waals surface area contributed by atoms with Crippen molar-refractivity contribution in [3.63, 3.8) is 0 Å². The summed E-state index contributed by atoms with van der Waals surface area (Å²) in [6, 6.07) is 9.59. The molecule has 0 unspecified atom stereocenters. The number of carbonyl (C=O) groups excluding carboxylic acids is 2. The van der Waals surface area contributed by atoms with Crippen molar-refractivity contribution in [1.82, 2.24) is 9.88 Å². The van der Waals surface area contributed by atoms with Crippen LogP contribution in [0.3, 0.4) is 0 Å². The lowest BCUT2D eigenvalue weighted by molar-refractivity contribution is -0.117. The molecule has 31 heavy (non-hydrogen) atoms. The molecule has 0 radical (unpaired) electrons. The molecular weight excluding hydrogens is 392 g/mol. The van der Waals surface area contributed by atoms with Crippen LogP contribution < -0.4 is 9.80 Å². The van der Waals surface area contributed by atoms with Gasteiger partial charge >= 0.3 is 0 Å². The molecule has 164 valence electrons. The molecular formula is C24H30N4O3. The van der Waals surface area contributed by atoms with Crippen LogP contribution in [0.25, 0.3) is 0 Å². The maximum atomic E-state index is 13.0. The highest BCUT2D eigenvalue weighted by Crippen LogP contribution is 2.27. The summed E-state index contributed by atoms with van der Waals surface area (Å²) in [5.74, 6) is 1.14. The van der Waals surface area contributed by atoms with Crippen molar-refractivity contribution in [2.24, 2.45) is 0 Å². The first kappa shape index (κ1) is 21.3. The molecule has 0 bridgehead atoms. The fraction of sp³-hybridized carbons (Fsp3) is 0.458. The molecule has 3 heterocycles. The van der Waals surface area contributed by atoms with Crippen LogP contribution in [0.1, 0.15) is 34.3 Å². The number of hydrogen-bond donors (Lipinski definition) is 0. The highest BCUT2D eigenvalue weighted by Gasteiger charge is 2.32. The summed E-state index contributed by atoms with van der Waals surface area (Å²) >= 11 is 0. The van der Waals surface area contributed by atoms with Crippen molar-refractivity contribution >= 4 is 23.3 Å². The number of aromatic nitrogens is 1. The maximum Gasteiger partial charge on any atom is 0.253 e. The van der Waals surface area contributed by atoms with Crippen LogP contribution in [0.5, 0.6) is 0 Å². The zero-order chi connectivity index (χ0) is 22.0. The average molecular weight is 423 g/mol. The monoisotopic (exact) mass is 422 g/mol. The van der Waals surface area contributed by atoms with Crippen molar-refractivity contribution in [2.75, 3.05) is 49.7 Å². The van der Waals surface area contributed by atoms with Crippen molar-refractivity contribution in [3.8, 4) is 0 Å². The zero-order valence-corrected chi connectivity index (χ0v) is 18.5. The second kappa shape index (κ2) is 9.06. The number of carbonyl (C=O) groups is 2. The number of hydrogen-bond acceptors (Lipinski definition) is 5. The molecule has 2 aromatic rings. The summed E-state index contributed by atoms with van der Waals surface area (Å²) in [6.07, 6.45) is 3.23. The Labute approximate surface area is 183 Å². The van der Waals surface area contributed by atoms with Crippen molar-refractivity contribution < 1.29 is 14.3 Å². The van der Waals surface area contributed by atoms with E-state index in [2.05, 4.69) is 22.9 Å². The van der Waals surface area contributed by atoms with Gasteiger partial charge in [0.05, 0.1) is 12.6 Å². The van der Waals surface area contributed by atoms with Crippen LogP contribution >= 0.6 is 0 Å². The van der Waals surface area contributed by atoms with Crippen LogP contribution in [-0.4, -0.2) is 67.6 Å². The molecule has 0 saturated carbocycles. The van der Waals surface area contributed by atoms with Gasteiger partial charge in [-0.1, -0.05) is 6.07 Å². The smallest absolute Gasteiger partial charge is 0.253 e. The van der Waals surface area contributed by atoms with Crippen LogP contribution in [0.15, 0.2) is 36.5 Å². The van der Waals surface area contributed by atoms with Gasteiger partial charge in [-0.15, -0.1) is 0 Å². The lowest BCUT2D eigenvalue weighted by Crippen LogP contribution is -2.49. The number of piperazine rings is 1. The van der Waals surface area contributed by atoms with Gasteiger partial charge in [-0.25, -0.2) is 4.98 Å². The van der Waals surface area contributed by atoms with E-state index in [1.54, 1.807) is 12.0 Å². The van der Waals surface area contributed by atoms with E-state index >= 15 is 0 Å². The summed E-state index contributed by atoms with van der Waals surface area (Å²) in [6.45, 7) is 7.50. The molecule has 2 fully saturated rings. The van der Waals surface area contributed by atoms with Gasteiger partial charge in [0.2, 0.25) is 5.91 Å². The lowest BCUT2D eigenvalue weighted by atomic mass is 10.1. The molecule has 2 aliphatic rings. The fourth-order valence-corrected chi connectivity index (χ4v) is 4.56. The Morgan fingerprint density at radius 1 is 1.13 bits per heavy atom. The van der Waals surface area contributed by atoms with Crippen molar-refractivity contribution in [2.45, 2.75) is 32.7 Å². The first-order valence-corrected chi connectivity index (χ1v) is 10.9. The maximum absolute atomic E-state index is 13.0. The number of pyridine rings is 1. The van der Waals surface area contributed by atoms with E-state index in [1.807, 2.05) is 42.3 Å². The van der Waals surface area contributed by atoms with Gasteiger partial charge in [0.25, 0.3) is 5.91 Å². The average Bonchev–Trinajstić information content (AvgIpc) is 3.14. The van der Waals surface area contributed by atoms with Crippen molar-refractivity contribution in [1.29, 1.82) is 0 Å². The van der Waals surface area contributed by atoms with E-state index in [1.165, 1.54) is 5.56 Å². The third-order valence-electron chi connectivity index (χ3n) is 6.13. The Morgan fingerprint density at radius 2 is 1.84 bits per heavy atom. The number of benzene rings is 1. The molecule has 2 aliphatic heterocycles. The number of anilines is 2. The van der Waals surface area contributed by atoms with E-state index in [0.717, 1.165) is 36.6 Å². The summed E-state index contributed by atoms with van der Waals surface area (Å²) in [4.78, 5) is 35.8. The number of ether oxygens (including phenoxy) is 1. The Kier molecular flexibility index (Phi) is 6.23. The Hall–Kier alpha value is -2.93. The SMILES string of the molecule is COC[C@@H]1CCC(=O)N1c1ccc(C(=O)N2CCN(c3ncc(C)cc3C)CC2)cc1.